The van der Waals surface area contributed by atoms with Gasteiger partial charge < -0.3 is 14.7 Å². The summed E-state index contributed by atoms with van der Waals surface area (Å²) in [6, 6.07) is 7.82. The molecule has 2 aliphatic heterocycles. The van der Waals surface area contributed by atoms with Gasteiger partial charge in [0.1, 0.15) is 11.6 Å². The van der Waals surface area contributed by atoms with E-state index < -0.39 is 23.5 Å². The van der Waals surface area contributed by atoms with Crippen LogP contribution in [0.3, 0.4) is 0 Å². The van der Waals surface area contributed by atoms with Gasteiger partial charge in [-0.2, -0.15) is 0 Å². The first-order valence-electron chi connectivity index (χ1n) is 9.12. The van der Waals surface area contributed by atoms with Crippen LogP contribution in [0.4, 0.5) is 4.39 Å². The summed E-state index contributed by atoms with van der Waals surface area (Å²) in [5, 5.41) is 10.8. The molecular formula is C21H19FN2O4. The summed E-state index contributed by atoms with van der Waals surface area (Å²) in [5.74, 6) is -2.25. The molecule has 0 bridgehead atoms. The van der Waals surface area contributed by atoms with E-state index in [1.807, 2.05) is 0 Å². The van der Waals surface area contributed by atoms with E-state index in [1.165, 1.54) is 29.2 Å². The lowest BCUT2D eigenvalue weighted by Crippen LogP contribution is -2.36. The summed E-state index contributed by atoms with van der Waals surface area (Å²) in [6.45, 7) is 0.881. The van der Waals surface area contributed by atoms with Crippen molar-refractivity contribution >= 4 is 17.4 Å². The van der Waals surface area contributed by atoms with E-state index in [4.69, 9.17) is 4.74 Å². The predicted molar refractivity (Wildman–Crippen MR) is 98.6 cm³/mol. The Hall–Kier alpha value is -3.06. The zero-order valence-corrected chi connectivity index (χ0v) is 15.0. The number of likely N-dealkylation sites (tertiary alicyclic amines) is 1. The summed E-state index contributed by atoms with van der Waals surface area (Å²) < 4.78 is 18.9. The Balaban J connectivity index is 1.80. The number of rotatable bonds is 4. The number of hydrogen-bond donors (Lipinski definition) is 1. The topological polar surface area (TPSA) is 79.7 Å². The predicted octanol–water partition coefficient (Wildman–Crippen LogP) is 2.82. The molecule has 0 unspecified atom stereocenters. The fraction of sp³-hybridized carbons (Fsp3) is 0.286. The molecule has 0 radical (unpaired) electrons. The largest absolute Gasteiger partial charge is 0.507 e. The Morgan fingerprint density at radius 1 is 1.25 bits per heavy atom. The van der Waals surface area contributed by atoms with E-state index >= 15 is 0 Å². The molecule has 3 heterocycles. The van der Waals surface area contributed by atoms with Crippen LogP contribution in [0.25, 0.3) is 5.76 Å². The molecule has 1 aromatic carbocycles. The van der Waals surface area contributed by atoms with Crippen molar-refractivity contribution in [2.24, 2.45) is 0 Å². The first-order chi connectivity index (χ1) is 13.6. The molecule has 0 saturated carbocycles. The third kappa shape index (κ3) is 3.29. The smallest absolute Gasteiger partial charge is 0.295 e. The van der Waals surface area contributed by atoms with E-state index in [2.05, 4.69) is 4.98 Å². The molecule has 2 aromatic rings. The van der Waals surface area contributed by atoms with E-state index in [1.54, 1.807) is 24.5 Å². The molecule has 4 rings (SSSR count). The maximum absolute atomic E-state index is 13.2. The Labute approximate surface area is 161 Å². The number of aromatic nitrogens is 1. The van der Waals surface area contributed by atoms with Crippen LogP contribution in [0, 0.1) is 5.82 Å². The molecule has 2 atom stereocenters. The number of ketones is 1. The SMILES string of the molecule is O=C1C(=O)N(C[C@H]2CCCO2)[C@@H](c2cccnc2)C1=C(O)c1ccc(F)cc1. The number of amides is 1. The lowest BCUT2D eigenvalue weighted by atomic mass is 9.96. The number of carbonyl (C=O) groups excluding carboxylic acids is 2. The first kappa shape index (κ1) is 18.3. The van der Waals surface area contributed by atoms with Crippen LogP contribution in [0.1, 0.15) is 30.0 Å². The molecular weight excluding hydrogens is 363 g/mol. The maximum atomic E-state index is 13.2. The highest BCUT2D eigenvalue weighted by Gasteiger charge is 2.47. The second kappa shape index (κ2) is 7.52. The summed E-state index contributed by atoms with van der Waals surface area (Å²) in [4.78, 5) is 31.1. The minimum Gasteiger partial charge on any atom is -0.507 e. The summed E-state index contributed by atoms with van der Waals surface area (Å²) in [7, 11) is 0. The van der Waals surface area contributed by atoms with E-state index in [0.717, 1.165) is 12.8 Å². The standard InChI is InChI=1S/C21H19FN2O4/c22-15-7-5-13(6-8-15)19(25)17-18(14-3-1-9-23-11-14)24(21(27)20(17)26)12-16-4-2-10-28-16/h1,3,5-9,11,16,18,25H,2,4,10,12H2/t16-,18+/m1/s1. The zero-order chi connectivity index (χ0) is 19.7. The van der Waals surface area contributed by atoms with E-state index in [9.17, 15) is 19.1 Å². The lowest BCUT2D eigenvalue weighted by molar-refractivity contribution is -0.140. The highest BCUT2D eigenvalue weighted by Crippen LogP contribution is 2.39. The van der Waals surface area contributed by atoms with Crippen LogP contribution >= 0.6 is 0 Å². The number of ether oxygens (including phenoxy) is 1. The number of carbonyl (C=O) groups is 2. The molecule has 1 N–H and O–H groups in total. The number of aliphatic hydroxyl groups is 1. The van der Waals surface area contributed by atoms with Crippen molar-refractivity contribution in [1.29, 1.82) is 0 Å². The van der Waals surface area contributed by atoms with Gasteiger partial charge in [-0.25, -0.2) is 4.39 Å². The van der Waals surface area contributed by atoms with Gasteiger partial charge in [-0.05, 0) is 48.7 Å². The Morgan fingerprint density at radius 3 is 2.68 bits per heavy atom. The van der Waals surface area contributed by atoms with Gasteiger partial charge in [0.15, 0.2) is 0 Å². The fourth-order valence-electron chi connectivity index (χ4n) is 3.72. The van der Waals surface area contributed by atoms with Crippen molar-refractivity contribution in [1.82, 2.24) is 9.88 Å². The van der Waals surface area contributed by atoms with Crippen molar-refractivity contribution in [2.45, 2.75) is 25.0 Å². The van der Waals surface area contributed by atoms with Crippen molar-refractivity contribution < 1.29 is 23.8 Å². The van der Waals surface area contributed by atoms with Crippen molar-refractivity contribution in [3.05, 3.63) is 71.3 Å². The van der Waals surface area contributed by atoms with Gasteiger partial charge in [-0.15, -0.1) is 0 Å². The van der Waals surface area contributed by atoms with Gasteiger partial charge in [0.05, 0.1) is 17.7 Å². The summed E-state index contributed by atoms with van der Waals surface area (Å²) in [5.41, 5.74) is 0.858. The van der Waals surface area contributed by atoms with E-state index in [0.29, 0.717) is 12.2 Å². The maximum Gasteiger partial charge on any atom is 0.295 e. The van der Waals surface area contributed by atoms with Gasteiger partial charge in [-0.3, -0.25) is 14.6 Å². The number of benzene rings is 1. The molecule has 2 saturated heterocycles. The first-order valence-corrected chi connectivity index (χ1v) is 9.12. The number of hydrogen-bond acceptors (Lipinski definition) is 5. The van der Waals surface area contributed by atoms with Crippen molar-refractivity contribution in [3.63, 3.8) is 0 Å². The molecule has 7 heteroatoms. The van der Waals surface area contributed by atoms with Gasteiger partial charge in [0.2, 0.25) is 0 Å². The average molecular weight is 382 g/mol. The average Bonchev–Trinajstić information content (AvgIpc) is 3.31. The normalized spacial score (nSPS) is 24.1. The number of nitrogens with zero attached hydrogens (tertiary/aromatic N) is 2. The fourth-order valence-corrected chi connectivity index (χ4v) is 3.72. The van der Waals surface area contributed by atoms with Gasteiger partial charge in [-0.1, -0.05) is 6.07 Å². The molecule has 1 amide bonds. The molecule has 2 aliphatic rings. The molecule has 0 spiro atoms. The van der Waals surface area contributed by atoms with Crippen molar-refractivity contribution in [3.8, 4) is 0 Å². The Bertz CT molecular complexity index is 921. The minimum atomic E-state index is -0.775. The lowest BCUT2D eigenvalue weighted by Gasteiger charge is -2.27. The molecule has 144 valence electrons. The van der Waals surface area contributed by atoms with Gasteiger partial charge >= 0.3 is 0 Å². The molecule has 1 aromatic heterocycles. The van der Waals surface area contributed by atoms with Crippen LogP contribution in [-0.2, 0) is 14.3 Å². The second-order valence-corrected chi connectivity index (χ2v) is 6.88. The highest BCUT2D eigenvalue weighted by atomic mass is 19.1. The molecule has 28 heavy (non-hydrogen) atoms. The molecule has 2 fully saturated rings. The zero-order valence-electron chi connectivity index (χ0n) is 15.0. The number of Topliss-reactive ketones (excluding diaryl/α,β-unsaturated/α-hetero) is 1. The van der Waals surface area contributed by atoms with Crippen LogP contribution in [0.15, 0.2) is 54.4 Å². The highest BCUT2D eigenvalue weighted by molar-refractivity contribution is 6.46. The summed E-state index contributed by atoms with van der Waals surface area (Å²) >= 11 is 0. The summed E-state index contributed by atoms with van der Waals surface area (Å²) in [6.07, 6.45) is 4.72. The third-order valence-corrected chi connectivity index (χ3v) is 5.08. The number of pyridine rings is 1. The van der Waals surface area contributed by atoms with E-state index in [-0.39, 0.29) is 29.5 Å². The van der Waals surface area contributed by atoms with Gasteiger partial charge in [0, 0.05) is 31.1 Å². The Morgan fingerprint density at radius 2 is 2.04 bits per heavy atom. The minimum absolute atomic E-state index is 0.0254. The van der Waals surface area contributed by atoms with Crippen LogP contribution in [-0.4, -0.2) is 45.9 Å². The second-order valence-electron chi connectivity index (χ2n) is 6.88. The monoisotopic (exact) mass is 382 g/mol. The van der Waals surface area contributed by atoms with Crippen molar-refractivity contribution in [2.75, 3.05) is 13.2 Å². The van der Waals surface area contributed by atoms with Crippen LogP contribution < -0.4 is 0 Å². The number of aliphatic hydroxyl groups excluding tert-OH is 1. The van der Waals surface area contributed by atoms with Crippen LogP contribution in [0.5, 0.6) is 0 Å². The molecule has 6 nitrogen and oxygen atoms in total. The third-order valence-electron chi connectivity index (χ3n) is 5.08. The number of halogens is 1. The van der Waals surface area contributed by atoms with Gasteiger partial charge in [0.25, 0.3) is 11.7 Å². The quantitative estimate of drug-likeness (QED) is 0.500. The molecule has 0 aliphatic carbocycles. The Kier molecular flexibility index (Phi) is 4.92. The van der Waals surface area contributed by atoms with Crippen LogP contribution in [0.2, 0.25) is 0 Å².